The van der Waals surface area contributed by atoms with Crippen molar-refractivity contribution in [3.8, 4) is 0 Å². The lowest BCUT2D eigenvalue weighted by Gasteiger charge is -2.45. The second-order valence-corrected chi connectivity index (χ2v) is 10.6. The van der Waals surface area contributed by atoms with Gasteiger partial charge in [0.2, 0.25) is 0 Å². The molecule has 12 heteroatoms. The Morgan fingerprint density at radius 1 is 0.895 bits per heavy atom. The quantitative estimate of drug-likeness (QED) is 0.167. The Bertz CT molecular complexity index is 1140. The van der Waals surface area contributed by atoms with Crippen LogP contribution < -0.4 is 0 Å². The van der Waals surface area contributed by atoms with Crippen LogP contribution in [0.3, 0.4) is 0 Å². The molecule has 2 N–H and O–H groups in total. The summed E-state index contributed by atoms with van der Waals surface area (Å²) >= 11 is 24.8. The number of halogens is 4. The fraction of sp³-hybridized carbons (Fsp3) is 0.462. The highest BCUT2D eigenvalue weighted by atomic mass is 35.5. The molecular formula is C26H27Cl4NO7. The Morgan fingerprint density at radius 3 is 2.08 bits per heavy atom. The lowest BCUT2D eigenvalue weighted by molar-refractivity contribution is -0.282. The topological polar surface area (TPSA) is 106 Å². The van der Waals surface area contributed by atoms with Crippen molar-refractivity contribution in [3.63, 3.8) is 0 Å². The van der Waals surface area contributed by atoms with E-state index >= 15 is 0 Å². The number of amides is 2. The second kappa shape index (κ2) is 12.8. The normalized spacial score (nSPS) is 25.2. The minimum absolute atomic E-state index is 0.0698. The molecule has 8 nitrogen and oxygen atoms in total. The van der Waals surface area contributed by atoms with E-state index < -0.39 is 42.5 Å². The van der Waals surface area contributed by atoms with Gasteiger partial charge in [0.05, 0.1) is 44.4 Å². The average molecular weight is 607 g/mol. The molecule has 1 saturated heterocycles. The Kier molecular flexibility index (Phi) is 9.95. The van der Waals surface area contributed by atoms with Gasteiger partial charge in [0.1, 0.15) is 24.4 Å². The van der Waals surface area contributed by atoms with E-state index in [4.69, 9.17) is 60.6 Å². The third kappa shape index (κ3) is 5.70. The standard InChI is InChI=1S/C26H27Cl4NO7/c1-2-3-7-10-37-26-21(23(33)22(32)14(38-26)12-36-11-13-8-5-4-6-9-13)31-24(34)15-16(25(31)35)18(28)20(30)19(29)17(15)27/h4-6,8-9,14,21-23,26,32-33H,2-3,7,10-12H2,1H3/t14-,21-,22-,23-,26-/m1/s1. The fourth-order valence-electron chi connectivity index (χ4n) is 4.52. The van der Waals surface area contributed by atoms with E-state index in [2.05, 4.69) is 0 Å². The predicted octanol–water partition coefficient (Wildman–Crippen LogP) is 5.14. The monoisotopic (exact) mass is 605 g/mol. The van der Waals surface area contributed by atoms with Gasteiger partial charge in [-0.2, -0.15) is 0 Å². The van der Waals surface area contributed by atoms with Gasteiger partial charge in [0.25, 0.3) is 11.8 Å². The molecule has 0 bridgehead atoms. The molecule has 2 heterocycles. The van der Waals surface area contributed by atoms with Gasteiger partial charge >= 0.3 is 0 Å². The van der Waals surface area contributed by atoms with Crippen molar-refractivity contribution in [1.82, 2.24) is 4.90 Å². The van der Waals surface area contributed by atoms with Crippen LogP contribution in [-0.4, -0.2) is 70.8 Å². The third-order valence-corrected chi connectivity index (χ3v) is 8.32. The summed E-state index contributed by atoms with van der Waals surface area (Å²) in [5.74, 6) is -1.73. The van der Waals surface area contributed by atoms with Gasteiger partial charge in [-0.3, -0.25) is 14.5 Å². The Hall–Kier alpha value is -1.46. The molecule has 1 fully saturated rings. The zero-order valence-corrected chi connectivity index (χ0v) is 23.4. The van der Waals surface area contributed by atoms with Crippen molar-refractivity contribution in [1.29, 1.82) is 0 Å². The maximum absolute atomic E-state index is 13.5. The van der Waals surface area contributed by atoms with Crippen molar-refractivity contribution < 1.29 is 34.0 Å². The molecule has 2 aromatic rings. The zero-order valence-electron chi connectivity index (χ0n) is 20.4. The number of carbonyl (C=O) groups is 2. The maximum Gasteiger partial charge on any atom is 0.263 e. The van der Waals surface area contributed by atoms with Gasteiger partial charge in [0.15, 0.2) is 6.29 Å². The van der Waals surface area contributed by atoms with E-state index in [1.165, 1.54) is 0 Å². The largest absolute Gasteiger partial charge is 0.388 e. The highest BCUT2D eigenvalue weighted by Crippen LogP contribution is 2.46. The number of nitrogens with zero attached hydrogens (tertiary/aromatic N) is 1. The summed E-state index contributed by atoms with van der Waals surface area (Å²) in [7, 11) is 0. The highest BCUT2D eigenvalue weighted by molar-refractivity contribution is 6.55. The molecule has 0 aromatic heterocycles. The first-order chi connectivity index (χ1) is 18.2. The fourth-order valence-corrected chi connectivity index (χ4v) is 5.54. The van der Waals surface area contributed by atoms with Crippen LogP contribution in [0.25, 0.3) is 0 Å². The van der Waals surface area contributed by atoms with Crippen LogP contribution in [0.15, 0.2) is 30.3 Å². The molecule has 0 saturated carbocycles. The molecule has 2 aliphatic rings. The van der Waals surface area contributed by atoms with Crippen molar-refractivity contribution in [3.05, 3.63) is 67.1 Å². The Balaban J connectivity index is 1.59. The number of unbranched alkanes of at least 4 members (excludes halogenated alkanes) is 2. The molecule has 2 amide bonds. The number of rotatable bonds is 10. The van der Waals surface area contributed by atoms with Crippen LogP contribution in [0.1, 0.15) is 52.5 Å². The lowest BCUT2D eigenvalue weighted by Crippen LogP contribution is -2.65. The molecule has 0 spiro atoms. The smallest absolute Gasteiger partial charge is 0.263 e. The van der Waals surface area contributed by atoms with Crippen LogP contribution >= 0.6 is 46.4 Å². The first-order valence-corrected chi connectivity index (χ1v) is 13.7. The molecular weight excluding hydrogens is 580 g/mol. The molecule has 5 atom stereocenters. The van der Waals surface area contributed by atoms with E-state index in [9.17, 15) is 19.8 Å². The summed E-state index contributed by atoms with van der Waals surface area (Å²) in [6.07, 6.45) is -2.89. The molecule has 0 radical (unpaired) electrons. The van der Waals surface area contributed by atoms with Gasteiger partial charge in [-0.25, -0.2) is 0 Å². The number of aliphatic hydroxyl groups excluding tert-OH is 2. The van der Waals surface area contributed by atoms with Gasteiger partial charge in [-0.1, -0.05) is 96.5 Å². The number of hydrogen-bond acceptors (Lipinski definition) is 7. The number of benzene rings is 2. The van der Waals surface area contributed by atoms with Crippen molar-refractivity contribution in [2.45, 2.75) is 63.4 Å². The number of ether oxygens (including phenoxy) is 3. The van der Waals surface area contributed by atoms with Gasteiger partial charge in [-0.05, 0) is 12.0 Å². The van der Waals surface area contributed by atoms with Crippen LogP contribution in [0.2, 0.25) is 20.1 Å². The molecule has 38 heavy (non-hydrogen) atoms. The van der Waals surface area contributed by atoms with Gasteiger partial charge in [-0.15, -0.1) is 0 Å². The average Bonchev–Trinajstić information content (AvgIpc) is 3.17. The molecule has 2 aromatic carbocycles. The van der Waals surface area contributed by atoms with Crippen LogP contribution in [0, 0.1) is 0 Å². The first kappa shape index (κ1) is 29.5. The maximum atomic E-state index is 13.5. The number of carbonyl (C=O) groups excluding carboxylic acids is 2. The zero-order chi connectivity index (χ0) is 27.6. The van der Waals surface area contributed by atoms with E-state index in [-0.39, 0.29) is 51.0 Å². The van der Waals surface area contributed by atoms with Crippen LogP contribution in [0.5, 0.6) is 0 Å². The summed E-state index contributed by atoms with van der Waals surface area (Å²) in [5.41, 5.74) is 0.437. The van der Waals surface area contributed by atoms with E-state index in [1.54, 1.807) is 0 Å². The minimum Gasteiger partial charge on any atom is -0.388 e. The van der Waals surface area contributed by atoms with Crippen molar-refractivity contribution in [2.75, 3.05) is 13.2 Å². The van der Waals surface area contributed by atoms with E-state index in [0.29, 0.717) is 6.42 Å². The molecule has 0 unspecified atom stereocenters. The molecule has 0 aliphatic carbocycles. The number of hydrogen-bond donors (Lipinski definition) is 2. The summed E-state index contributed by atoms with van der Waals surface area (Å²) in [4.78, 5) is 27.7. The van der Waals surface area contributed by atoms with Crippen molar-refractivity contribution in [2.24, 2.45) is 0 Å². The predicted molar refractivity (Wildman–Crippen MR) is 143 cm³/mol. The summed E-state index contributed by atoms with van der Waals surface area (Å²) in [6, 6.07) is 8.00. The van der Waals surface area contributed by atoms with E-state index in [1.807, 2.05) is 37.3 Å². The van der Waals surface area contributed by atoms with Crippen LogP contribution in [-0.2, 0) is 20.8 Å². The minimum atomic E-state index is -1.63. The summed E-state index contributed by atoms with van der Waals surface area (Å²) in [6.45, 7) is 2.45. The molecule has 4 rings (SSSR count). The molecule has 206 valence electrons. The SMILES string of the molecule is CCCCCO[C@@H]1O[C@H](COCc2ccccc2)[C@@H](O)[C@H](O)[C@H]1N1C(=O)c2c(Cl)c(Cl)c(Cl)c(Cl)c2C1=O. The third-order valence-electron chi connectivity index (χ3n) is 6.52. The number of fused-ring (bicyclic) bond motifs is 1. The lowest BCUT2D eigenvalue weighted by atomic mass is 9.95. The number of aliphatic hydroxyl groups is 2. The Labute approximate surface area is 240 Å². The first-order valence-electron chi connectivity index (χ1n) is 12.2. The summed E-state index contributed by atoms with van der Waals surface area (Å²) < 4.78 is 17.6. The summed E-state index contributed by atoms with van der Waals surface area (Å²) in [5, 5.41) is 21.3. The molecule has 2 aliphatic heterocycles. The van der Waals surface area contributed by atoms with Crippen molar-refractivity contribution >= 4 is 58.2 Å². The number of imide groups is 1. The highest BCUT2D eigenvalue weighted by Gasteiger charge is 2.54. The van der Waals surface area contributed by atoms with Crippen LogP contribution in [0.4, 0.5) is 0 Å². The Morgan fingerprint density at radius 2 is 1.50 bits per heavy atom. The van der Waals surface area contributed by atoms with Gasteiger partial charge < -0.3 is 24.4 Å². The van der Waals surface area contributed by atoms with Gasteiger partial charge in [0, 0.05) is 6.61 Å². The van der Waals surface area contributed by atoms with E-state index in [0.717, 1.165) is 23.3 Å². The second-order valence-electron chi connectivity index (χ2n) is 9.08.